The van der Waals surface area contributed by atoms with Crippen LogP contribution in [0.3, 0.4) is 0 Å². The average Bonchev–Trinajstić information content (AvgIpc) is 2.52. The fourth-order valence-corrected chi connectivity index (χ4v) is 1.97. The number of carbonyl (C=O) groups excluding carboxylic acids is 1. The Balaban J connectivity index is 2.12. The molecule has 0 atom stereocenters. The van der Waals surface area contributed by atoms with E-state index in [2.05, 4.69) is 5.32 Å². The molecule has 0 fully saturated rings. The smallest absolute Gasteiger partial charge is 0.251 e. The minimum Gasteiger partial charge on any atom is -0.496 e. The van der Waals surface area contributed by atoms with E-state index < -0.39 is 0 Å². The number of methoxy groups -OCH3 is 2. The second-order valence-corrected chi connectivity index (χ2v) is 4.33. The van der Waals surface area contributed by atoms with Gasteiger partial charge in [-0.05, 0) is 36.4 Å². The Hall–Kier alpha value is -2.56. The zero-order valence-electron chi connectivity index (χ0n) is 11.9. The fraction of sp³-hybridized carbons (Fsp3) is 0.188. The summed E-state index contributed by atoms with van der Waals surface area (Å²) < 4.78 is 23.4. The lowest BCUT2D eigenvalue weighted by molar-refractivity contribution is 0.0950. The van der Waals surface area contributed by atoms with E-state index in [1.165, 1.54) is 24.3 Å². The van der Waals surface area contributed by atoms with Crippen molar-refractivity contribution in [2.45, 2.75) is 6.54 Å². The zero-order valence-corrected chi connectivity index (χ0v) is 11.9. The number of hydrogen-bond acceptors (Lipinski definition) is 3. The van der Waals surface area contributed by atoms with Gasteiger partial charge in [0.25, 0.3) is 5.91 Å². The lowest BCUT2D eigenvalue weighted by atomic mass is 10.1. The quantitative estimate of drug-likeness (QED) is 0.920. The van der Waals surface area contributed by atoms with Crippen molar-refractivity contribution in [2.24, 2.45) is 0 Å². The second-order valence-electron chi connectivity index (χ2n) is 4.33. The van der Waals surface area contributed by atoms with E-state index in [9.17, 15) is 9.18 Å². The Bertz CT molecular complexity index is 604. The van der Waals surface area contributed by atoms with Crippen molar-refractivity contribution < 1.29 is 18.7 Å². The summed E-state index contributed by atoms with van der Waals surface area (Å²) in [5, 5.41) is 2.76. The van der Waals surface area contributed by atoms with Gasteiger partial charge in [-0.15, -0.1) is 0 Å². The molecular weight excluding hydrogens is 273 g/mol. The summed E-state index contributed by atoms with van der Waals surface area (Å²) in [6.45, 7) is 0.253. The third-order valence-electron chi connectivity index (χ3n) is 3.06. The van der Waals surface area contributed by atoms with E-state index in [4.69, 9.17) is 9.47 Å². The number of halogens is 1. The Kier molecular flexibility index (Phi) is 4.77. The predicted molar refractivity (Wildman–Crippen MR) is 77.1 cm³/mol. The minimum atomic E-state index is -0.377. The number of benzene rings is 2. The number of rotatable bonds is 5. The molecule has 0 aromatic heterocycles. The molecule has 0 bridgehead atoms. The van der Waals surface area contributed by atoms with Crippen LogP contribution in [0, 0.1) is 5.82 Å². The largest absolute Gasteiger partial charge is 0.496 e. The lowest BCUT2D eigenvalue weighted by Gasteiger charge is -2.13. The summed E-state index contributed by atoms with van der Waals surface area (Å²) in [5.41, 5.74) is 1.14. The van der Waals surface area contributed by atoms with Gasteiger partial charge in [-0.25, -0.2) is 4.39 Å². The highest BCUT2D eigenvalue weighted by Crippen LogP contribution is 2.27. The van der Waals surface area contributed by atoms with E-state index in [1.54, 1.807) is 26.4 Å². The third kappa shape index (κ3) is 3.51. The van der Waals surface area contributed by atoms with Crippen LogP contribution in [0.1, 0.15) is 15.9 Å². The predicted octanol–water partition coefficient (Wildman–Crippen LogP) is 2.77. The third-order valence-corrected chi connectivity index (χ3v) is 3.06. The molecule has 0 saturated carbocycles. The molecule has 2 aromatic rings. The number of amides is 1. The van der Waals surface area contributed by atoms with Crippen LogP contribution in [0.15, 0.2) is 42.5 Å². The van der Waals surface area contributed by atoms with Crippen LogP contribution in [-0.2, 0) is 6.54 Å². The molecule has 110 valence electrons. The van der Waals surface area contributed by atoms with Crippen LogP contribution < -0.4 is 14.8 Å². The molecule has 0 aliphatic carbocycles. The van der Waals surface area contributed by atoms with Gasteiger partial charge in [0.05, 0.1) is 26.3 Å². The normalized spacial score (nSPS) is 10.0. The molecule has 1 amide bonds. The summed E-state index contributed by atoms with van der Waals surface area (Å²) in [6, 6.07) is 10.8. The Morgan fingerprint density at radius 2 is 1.62 bits per heavy atom. The lowest BCUT2D eigenvalue weighted by Crippen LogP contribution is -2.23. The van der Waals surface area contributed by atoms with Gasteiger partial charge in [-0.2, -0.15) is 0 Å². The minimum absolute atomic E-state index is 0.253. The van der Waals surface area contributed by atoms with Gasteiger partial charge in [0.2, 0.25) is 0 Å². The van der Waals surface area contributed by atoms with Crippen LogP contribution in [-0.4, -0.2) is 20.1 Å². The average molecular weight is 289 g/mol. The van der Waals surface area contributed by atoms with E-state index in [0.29, 0.717) is 17.1 Å². The molecule has 2 rings (SSSR count). The highest BCUT2D eigenvalue weighted by Gasteiger charge is 2.12. The van der Waals surface area contributed by atoms with Crippen molar-refractivity contribution in [1.82, 2.24) is 5.32 Å². The summed E-state index contributed by atoms with van der Waals surface area (Å²) in [4.78, 5) is 12.0. The molecule has 0 heterocycles. The van der Waals surface area contributed by atoms with Crippen LogP contribution in [0.2, 0.25) is 0 Å². The molecule has 0 radical (unpaired) electrons. The summed E-state index contributed by atoms with van der Waals surface area (Å²) in [6.07, 6.45) is 0. The first-order valence-electron chi connectivity index (χ1n) is 6.39. The molecule has 0 unspecified atom stereocenters. The van der Waals surface area contributed by atoms with Crippen LogP contribution in [0.25, 0.3) is 0 Å². The number of carbonyl (C=O) groups is 1. The molecular formula is C16H16FNO3. The van der Waals surface area contributed by atoms with Crippen LogP contribution >= 0.6 is 0 Å². The molecule has 1 N–H and O–H groups in total. The first kappa shape index (κ1) is 14.8. The van der Waals surface area contributed by atoms with Crippen LogP contribution in [0.4, 0.5) is 4.39 Å². The van der Waals surface area contributed by atoms with Crippen molar-refractivity contribution in [1.29, 1.82) is 0 Å². The Morgan fingerprint density at radius 1 is 1.05 bits per heavy atom. The highest BCUT2D eigenvalue weighted by atomic mass is 19.1. The summed E-state index contributed by atoms with van der Waals surface area (Å²) in [7, 11) is 3.11. The van der Waals surface area contributed by atoms with E-state index in [1.807, 2.05) is 6.07 Å². The van der Waals surface area contributed by atoms with Crippen molar-refractivity contribution in [3.63, 3.8) is 0 Å². The van der Waals surface area contributed by atoms with Gasteiger partial charge in [-0.1, -0.05) is 6.07 Å². The molecule has 5 heteroatoms. The maximum atomic E-state index is 12.8. The van der Waals surface area contributed by atoms with Gasteiger partial charge in [-0.3, -0.25) is 4.79 Å². The number of ether oxygens (including phenoxy) is 2. The van der Waals surface area contributed by atoms with Crippen molar-refractivity contribution in [2.75, 3.05) is 14.2 Å². The van der Waals surface area contributed by atoms with E-state index in [-0.39, 0.29) is 18.3 Å². The second kappa shape index (κ2) is 6.74. The standard InChI is InChI=1S/C16H16FNO3/c1-20-14-4-3-5-15(21-2)13(14)10-18-16(19)11-6-8-12(17)9-7-11/h3-9H,10H2,1-2H3,(H,18,19). The first-order valence-corrected chi connectivity index (χ1v) is 6.39. The molecule has 0 aliphatic heterocycles. The van der Waals surface area contributed by atoms with Gasteiger partial charge in [0, 0.05) is 5.56 Å². The Labute approximate surface area is 122 Å². The molecule has 2 aromatic carbocycles. The number of hydrogen-bond donors (Lipinski definition) is 1. The van der Waals surface area contributed by atoms with Gasteiger partial charge >= 0.3 is 0 Å². The molecule has 0 spiro atoms. The van der Waals surface area contributed by atoms with Gasteiger partial charge < -0.3 is 14.8 Å². The van der Waals surface area contributed by atoms with Crippen LogP contribution in [0.5, 0.6) is 11.5 Å². The van der Waals surface area contributed by atoms with Crippen molar-refractivity contribution >= 4 is 5.91 Å². The van der Waals surface area contributed by atoms with Gasteiger partial charge in [0.15, 0.2) is 0 Å². The van der Waals surface area contributed by atoms with Crippen molar-refractivity contribution in [3.05, 3.63) is 59.4 Å². The summed E-state index contributed by atoms with van der Waals surface area (Å²) >= 11 is 0. The first-order chi connectivity index (χ1) is 10.2. The SMILES string of the molecule is COc1cccc(OC)c1CNC(=O)c1ccc(F)cc1. The number of nitrogens with one attached hydrogen (secondary N) is 1. The highest BCUT2D eigenvalue weighted by molar-refractivity contribution is 5.94. The molecule has 4 nitrogen and oxygen atoms in total. The van der Waals surface area contributed by atoms with Crippen molar-refractivity contribution in [3.8, 4) is 11.5 Å². The topological polar surface area (TPSA) is 47.6 Å². The van der Waals surface area contributed by atoms with E-state index >= 15 is 0 Å². The molecule has 0 aliphatic rings. The Morgan fingerprint density at radius 3 is 2.14 bits per heavy atom. The fourth-order valence-electron chi connectivity index (χ4n) is 1.97. The maximum absolute atomic E-state index is 12.8. The monoisotopic (exact) mass is 289 g/mol. The summed E-state index contributed by atoms with van der Waals surface area (Å²) in [5.74, 6) is 0.600. The zero-order chi connectivity index (χ0) is 15.2. The molecule has 0 saturated heterocycles. The molecule has 21 heavy (non-hydrogen) atoms. The van der Waals surface area contributed by atoms with E-state index in [0.717, 1.165) is 5.56 Å². The maximum Gasteiger partial charge on any atom is 0.251 e. The van der Waals surface area contributed by atoms with Gasteiger partial charge in [0.1, 0.15) is 17.3 Å².